The van der Waals surface area contributed by atoms with Crippen LogP contribution in [-0.2, 0) is 19.5 Å². The highest BCUT2D eigenvalue weighted by molar-refractivity contribution is 7.09. The van der Waals surface area contributed by atoms with Crippen LogP contribution >= 0.6 is 23.7 Å². The first-order valence-electron chi connectivity index (χ1n) is 9.79. The molecule has 0 aliphatic carbocycles. The van der Waals surface area contributed by atoms with Crippen molar-refractivity contribution in [3.8, 4) is 0 Å². The Morgan fingerprint density at radius 2 is 1.86 bits per heavy atom. The van der Waals surface area contributed by atoms with Gasteiger partial charge in [-0.3, -0.25) is 0 Å². The summed E-state index contributed by atoms with van der Waals surface area (Å²) >= 11 is 1.72. The van der Waals surface area contributed by atoms with Crippen LogP contribution in [0.3, 0.4) is 0 Å². The van der Waals surface area contributed by atoms with Gasteiger partial charge in [-0.2, -0.15) is 0 Å². The summed E-state index contributed by atoms with van der Waals surface area (Å²) in [7, 11) is 0. The van der Waals surface area contributed by atoms with Crippen LogP contribution in [0.25, 0.3) is 10.9 Å². The van der Waals surface area contributed by atoms with E-state index in [9.17, 15) is 0 Å². The Hall–Kier alpha value is -2.37. The summed E-state index contributed by atoms with van der Waals surface area (Å²) in [5.74, 6) is 1.11. The molecule has 5 rings (SSSR count). The molecule has 0 amide bonds. The molecule has 29 heavy (non-hydrogen) atoms. The standard InChI is InChI=1S/C23H24N4S.ClH/c1-15-16(2)27(13-20-14-28-17(3)25-20)21-8-10-24-23(22(15)21)26-11-9-18-6-4-5-7-19(18)12-26;/h4-8,10,14H,9,11-13H2,1-3H3;1H. The zero-order chi connectivity index (χ0) is 19.3. The Kier molecular flexibility index (Phi) is 5.36. The number of aromatic nitrogens is 3. The molecule has 4 aromatic rings. The van der Waals surface area contributed by atoms with Gasteiger partial charge in [0.2, 0.25) is 0 Å². The zero-order valence-electron chi connectivity index (χ0n) is 17.0. The van der Waals surface area contributed by atoms with Crippen LogP contribution < -0.4 is 4.90 Å². The van der Waals surface area contributed by atoms with Crippen molar-refractivity contribution in [1.29, 1.82) is 0 Å². The fourth-order valence-electron chi connectivity index (χ4n) is 4.35. The summed E-state index contributed by atoms with van der Waals surface area (Å²) in [5, 5.41) is 4.57. The molecular weight excluding hydrogens is 400 g/mol. The lowest BCUT2D eigenvalue weighted by atomic mass is 9.99. The predicted octanol–water partition coefficient (Wildman–Crippen LogP) is 5.45. The van der Waals surface area contributed by atoms with E-state index in [1.807, 2.05) is 6.20 Å². The molecule has 6 heteroatoms. The average molecular weight is 425 g/mol. The van der Waals surface area contributed by atoms with Gasteiger partial charge >= 0.3 is 0 Å². The fourth-order valence-corrected chi connectivity index (χ4v) is 4.96. The number of halogens is 1. The third-order valence-electron chi connectivity index (χ3n) is 5.94. The van der Waals surface area contributed by atoms with E-state index in [4.69, 9.17) is 4.98 Å². The number of anilines is 1. The van der Waals surface area contributed by atoms with Crippen LogP contribution in [0.1, 0.15) is 33.1 Å². The lowest BCUT2D eigenvalue weighted by Gasteiger charge is -2.30. The first-order chi connectivity index (χ1) is 13.6. The molecule has 0 N–H and O–H groups in total. The van der Waals surface area contributed by atoms with Crippen LogP contribution in [-0.4, -0.2) is 21.1 Å². The number of pyridine rings is 1. The number of nitrogens with zero attached hydrogens (tertiary/aromatic N) is 4. The molecule has 0 saturated carbocycles. The van der Waals surface area contributed by atoms with Crippen LogP contribution in [0.4, 0.5) is 5.82 Å². The molecule has 0 saturated heterocycles. The van der Waals surface area contributed by atoms with E-state index in [2.05, 4.69) is 70.9 Å². The SMILES string of the molecule is Cc1nc(Cn2c(C)c(C)c3c(N4CCc5ccccc5C4)nccc32)cs1.Cl. The number of hydrogen-bond acceptors (Lipinski definition) is 4. The Bertz CT molecular complexity index is 1180. The van der Waals surface area contributed by atoms with Gasteiger partial charge < -0.3 is 9.47 Å². The molecule has 1 aromatic carbocycles. The average Bonchev–Trinajstić information content (AvgIpc) is 3.24. The second-order valence-electron chi connectivity index (χ2n) is 7.62. The van der Waals surface area contributed by atoms with Gasteiger partial charge in [0.05, 0.1) is 22.8 Å². The van der Waals surface area contributed by atoms with Crippen LogP contribution in [0, 0.1) is 20.8 Å². The number of aryl methyl sites for hydroxylation is 2. The molecule has 0 spiro atoms. The van der Waals surface area contributed by atoms with Crippen molar-refractivity contribution in [1.82, 2.24) is 14.5 Å². The summed E-state index contributed by atoms with van der Waals surface area (Å²) in [6, 6.07) is 10.9. The van der Waals surface area contributed by atoms with Crippen LogP contribution in [0.15, 0.2) is 41.9 Å². The number of thiazole rings is 1. The number of rotatable bonds is 3. The largest absolute Gasteiger partial charge is 0.351 e. The first-order valence-corrected chi connectivity index (χ1v) is 10.7. The zero-order valence-corrected chi connectivity index (χ0v) is 18.6. The maximum absolute atomic E-state index is 4.83. The Morgan fingerprint density at radius 3 is 2.62 bits per heavy atom. The molecule has 150 valence electrons. The number of fused-ring (bicyclic) bond motifs is 2. The summed E-state index contributed by atoms with van der Waals surface area (Å²) in [6.07, 6.45) is 3.03. The van der Waals surface area contributed by atoms with Gasteiger partial charge in [-0.15, -0.1) is 23.7 Å². The summed E-state index contributed by atoms with van der Waals surface area (Å²) in [4.78, 5) is 11.9. The highest BCUT2D eigenvalue weighted by Crippen LogP contribution is 2.34. The third kappa shape index (κ3) is 3.43. The van der Waals surface area contributed by atoms with Crippen molar-refractivity contribution in [3.05, 3.63) is 75.0 Å². The van der Waals surface area contributed by atoms with Crippen molar-refractivity contribution in [2.45, 2.75) is 40.3 Å². The van der Waals surface area contributed by atoms with Crippen molar-refractivity contribution < 1.29 is 0 Å². The predicted molar refractivity (Wildman–Crippen MR) is 124 cm³/mol. The van der Waals surface area contributed by atoms with Crippen molar-refractivity contribution >= 4 is 40.5 Å². The number of benzene rings is 1. The van der Waals surface area contributed by atoms with Crippen molar-refractivity contribution in [2.75, 3.05) is 11.4 Å². The van der Waals surface area contributed by atoms with Gasteiger partial charge in [-0.05, 0) is 49.9 Å². The molecule has 1 aliphatic rings. The van der Waals surface area contributed by atoms with E-state index in [1.165, 1.54) is 33.3 Å². The van der Waals surface area contributed by atoms with E-state index >= 15 is 0 Å². The van der Waals surface area contributed by atoms with Gasteiger partial charge in [0.15, 0.2) is 0 Å². The van der Waals surface area contributed by atoms with Gasteiger partial charge in [-0.25, -0.2) is 9.97 Å². The molecular formula is C23H25ClN4S. The van der Waals surface area contributed by atoms with Gasteiger partial charge in [0.25, 0.3) is 0 Å². The smallest absolute Gasteiger partial charge is 0.138 e. The molecule has 0 atom stereocenters. The second kappa shape index (κ2) is 7.81. The molecule has 0 fully saturated rings. The fraction of sp³-hybridized carbons (Fsp3) is 0.304. The quantitative estimate of drug-likeness (QED) is 0.438. The molecule has 0 bridgehead atoms. The molecule has 1 aliphatic heterocycles. The minimum Gasteiger partial charge on any atom is -0.351 e. The lowest BCUT2D eigenvalue weighted by molar-refractivity contribution is 0.724. The molecule has 4 nitrogen and oxygen atoms in total. The normalized spacial score (nSPS) is 13.4. The summed E-state index contributed by atoms with van der Waals surface area (Å²) in [6.45, 7) is 9.26. The molecule has 4 heterocycles. The molecule has 0 radical (unpaired) electrons. The maximum Gasteiger partial charge on any atom is 0.138 e. The van der Waals surface area contributed by atoms with Gasteiger partial charge in [0, 0.05) is 35.7 Å². The molecule has 3 aromatic heterocycles. The highest BCUT2D eigenvalue weighted by atomic mass is 35.5. The Labute approximate surface area is 181 Å². The minimum absolute atomic E-state index is 0. The summed E-state index contributed by atoms with van der Waals surface area (Å²) in [5.41, 5.74) is 7.89. The van der Waals surface area contributed by atoms with Crippen molar-refractivity contribution in [2.24, 2.45) is 0 Å². The van der Waals surface area contributed by atoms with E-state index in [0.29, 0.717) is 0 Å². The van der Waals surface area contributed by atoms with Crippen LogP contribution in [0.5, 0.6) is 0 Å². The van der Waals surface area contributed by atoms with Crippen molar-refractivity contribution in [3.63, 3.8) is 0 Å². The minimum atomic E-state index is 0. The Morgan fingerprint density at radius 1 is 1.07 bits per heavy atom. The third-order valence-corrected chi connectivity index (χ3v) is 6.76. The van der Waals surface area contributed by atoms with Crippen LogP contribution in [0.2, 0.25) is 0 Å². The number of hydrogen-bond donors (Lipinski definition) is 0. The Balaban J connectivity index is 0.00000205. The highest BCUT2D eigenvalue weighted by Gasteiger charge is 2.22. The topological polar surface area (TPSA) is 34.0 Å². The van der Waals surface area contributed by atoms with Gasteiger partial charge in [-0.1, -0.05) is 24.3 Å². The second-order valence-corrected chi connectivity index (χ2v) is 8.69. The maximum atomic E-state index is 4.83. The van der Waals surface area contributed by atoms with E-state index < -0.39 is 0 Å². The van der Waals surface area contributed by atoms with Gasteiger partial charge in [0.1, 0.15) is 5.82 Å². The monoisotopic (exact) mass is 424 g/mol. The van der Waals surface area contributed by atoms with E-state index in [0.717, 1.165) is 42.6 Å². The summed E-state index contributed by atoms with van der Waals surface area (Å²) < 4.78 is 2.39. The van der Waals surface area contributed by atoms with E-state index in [1.54, 1.807) is 11.3 Å². The first kappa shape index (κ1) is 19.9. The molecule has 0 unspecified atom stereocenters. The lowest BCUT2D eigenvalue weighted by Crippen LogP contribution is -2.31. The van der Waals surface area contributed by atoms with E-state index in [-0.39, 0.29) is 12.4 Å².